The van der Waals surface area contributed by atoms with E-state index in [4.69, 9.17) is 0 Å². The molecule has 1 N–H and O–H groups in total. The van der Waals surface area contributed by atoms with E-state index in [-0.39, 0.29) is 24.8 Å². The highest BCUT2D eigenvalue weighted by Crippen LogP contribution is 2.18. The van der Waals surface area contributed by atoms with E-state index in [1.54, 1.807) is 27.9 Å². The summed E-state index contributed by atoms with van der Waals surface area (Å²) in [5.74, 6) is 0.292. The minimum atomic E-state index is -0.296. The Morgan fingerprint density at radius 3 is 2.89 bits per heavy atom. The molecule has 0 spiro atoms. The lowest BCUT2D eigenvalue weighted by Gasteiger charge is -2.35. The van der Waals surface area contributed by atoms with Gasteiger partial charge in [0, 0.05) is 42.9 Å². The molecule has 0 saturated carbocycles. The molecule has 3 rings (SSSR count). The third kappa shape index (κ3) is 4.65. The first-order valence-electron chi connectivity index (χ1n) is 8.74. The van der Waals surface area contributed by atoms with E-state index in [0.29, 0.717) is 31.2 Å². The predicted molar refractivity (Wildman–Crippen MR) is 106 cm³/mol. The third-order valence-electron chi connectivity index (χ3n) is 4.26. The minimum absolute atomic E-state index is 0.0199. The third-order valence-corrected chi connectivity index (χ3v) is 4.76. The van der Waals surface area contributed by atoms with Gasteiger partial charge in [-0.1, -0.05) is 15.9 Å². The molecule has 1 aromatic carbocycles. The summed E-state index contributed by atoms with van der Waals surface area (Å²) in [5.41, 5.74) is 1.29. The van der Waals surface area contributed by atoms with Gasteiger partial charge in [0.05, 0.1) is 18.4 Å². The standard InChI is InChI=1S/C18H22BrFN6O/c1-3-21-18(22-9-13-8-14(19)4-5-16(13)20)25-6-7-26(17(27)12-25)15-10-23-24(2)11-15/h4-5,8,10-11H,3,6-7,9,12H2,1-2H3,(H,21,22). The Morgan fingerprint density at radius 2 is 2.22 bits per heavy atom. The summed E-state index contributed by atoms with van der Waals surface area (Å²) in [7, 11) is 1.82. The fourth-order valence-corrected chi connectivity index (χ4v) is 3.33. The number of guanidine groups is 1. The molecule has 0 unspecified atom stereocenters. The van der Waals surface area contributed by atoms with Crippen molar-refractivity contribution < 1.29 is 9.18 Å². The van der Waals surface area contributed by atoms with Crippen molar-refractivity contribution >= 4 is 33.5 Å². The van der Waals surface area contributed by atoms with Crippen molar-refractivity contribution in [3.8, 4) is 0 Å². The summed E-state index contributed by atoms with van der Waals surface area (Å²) < 4.78 is 16.4. The first kappa shape index (κ1) is 19.3. The molecular formula is C18H22BrFN6O. The first-order valence-corrected chi connectivity index (χ1v) is 9.53. The van der Waals surface area contributed by atoms with Crippen LogP contribution in [0.4, 0.5) is 10.1 Å². The van der Waals surface area contributed by atoms with E-state index in [9.17, 15) is 9.18 Å². The largest absolute Gasteiger partial charge is 0.356 e. The molecule has 7 nitrogen and oxygen atoms in total. The fraction of sp³-hybridized carbons (Fsp3) is 0.389. The molecule has 1 aliphatic heterocycles. The van der Waals surface area contributed by atoms with Crippen molar-refractivity contribution in [1.82, 2.24) is 20.0 Å². The molecule has 1 saturated heterocycles. The van der Waals surface area contributed by atoms with E-state index >= 15 is 0 Å². The zero-order valence-electron chi connectivity index (χ0n) is 15.3. The molecule has 2 heterocycles. The maximum absolute atomic E-state index is 14.0. The van der Waals surface area contributed by atoms with Crippen LogP contribution < -0.4 is 10.2 Å². The number of rotatable bonds is 4. The number of hydrogen-bond acceptors (Lipinski definition) is 3. The number of carbonyl (C=O) groups excluding carboxylic acids is 1. The van der Waals surface area contributed by atoms with Gasteiger partial charge in [-0.2, -0.15) is 5.10 Å². The predicted octanol–water partition coefficient (Wildman–Crippen LogP) is 2.14. The van der Waals surface area contributed by atoms with Gasteiger partial charge in [-0.15, -0.1) is 0 Å². The van der Waals surface area contributed by atoms with E-state index in [0.717, 1.165) is 10.2 Å². The van der Waals surface area contributed by atoms with E-state index in [1.165, 1.54) is 6.07 Å². The molecule has 1 amide bonds. The van der Waals surface area contributed by atoms with Crippen LogP contribution in [-0.2, 0) is 18.4 Å². The Morgan fingerprint density at radius 1 is 1.41 bits per heavy atom. The van der Waals surface area contributed by atoms with Crippen LogP contribution in [0.2, 0.25) is 0 Å². The van der Waals surface area contributed by atoms with E-state index in [1.807, 2.05) is 25.1 Å². The number of piperazine rings is 1. The van der Waals surface area contributed by atoms with Gasteiger partial charge in [0.1, 0.15) is 12.4 Å². The Labute approximate surface area is 166 Å². The number of halogens is 2. The van der Waals surface area contributed by atoms with Crippen molar-refractivity contribution in [2.75, 3.05) is 31.1 Å². The lowest BCUT2D eigenvalue weighted by atomic mass is 10.2. The Kier molecular flexibility index (Phi) is 6.10. The van der Waals surface area contributed by atoms with Gasteiger partial charge in [-0.3, -0.25) is 9.48 Å². The van der Waals surface area contributed by atoms with Crippen molar-refractivity contribution in [1.29, 1.82) is 0 Å². The Bertz CT molecular complexity index is 852. The van der Waals surface area contributed by atoms with Crippen molar-refractivity contribution in [3.63, 3.8) is 0 Å². The van der Waals surface area contributed by atoms with Crippen LogP contribution in [0.1, 0.15) is 12.5 Å². The zero-order valence-corrected chi connectivity index (χ0v) is 16.9. The summed E-state index contributed by atoms with van der Waals surface area (Å²) in [5, 5.41) is 7.31. The first-order chi connectivity index (χ1) is 13.0. The van der Waals surface area contributed by atoms with Crippen molar-refractivity contribution in [2.45, 2.75) is 13.5 Å². The number of carbonyl (C=O) groups is 1. The molecular weight excluding hydrogens is 415 g/mol. The number of aliphatic imine (C=N–C) groups is 1. The van der Waals surface area contributed by atoms with Gasteiger partial charge in [-0.05, 0) is 25.1 Å². The molecule has 27 heavy (non-hydrogen) atoms. The van der Waals surface area contributed by atoms with Crippen LogP contribution in [0, 0.1) is 5.82 Å². The quantitative estimate of drug-likeness (QED) is 0.588. The number of hydrogen-bond donors (Lipinski definition) is 1. The smallest absolute Gasteiger partial charge is 0.246 e. The molecule has 2 aromatic rings. The molecule has 0 bridgehead atoms. The van der Waals surface area contributed by atoms with Crippen LogP contribution in [-0.4, -0.2) is 52.7 Å². The highest BCUT2D eigenvalue weighted by molar-refractivity contribution is 9.10. The number of aryl methyl sites for hydroxylation is 1. The van der Waals surface area contributed by atoms with Crippen LogP contribution in [0.25, 0.3) is 0 Å². The average Bonchev–Trinajstić information content (AvgIpc) is 3.07. The summed E-state index contributed by atoms with van der Waals surface area (Å²) in [4.78, 5) is 20.7. The second-order valence-electron chi connectivity index (χ2n) is 6.25. The summed E-state index contributed by atoms with van der Waals surface area (Å²) in [6, 6.07) is 4.79. The molecule has 0 atom stereocenters. The van der Waals surface area contributed by atoms with Gasteiger partial charge in [0.2, 0.25) is 5.91 Å². The Balaban J connectivity index is 1.72. The molecule has 0 aliphatic carbocycles. The average molecular weight is 437 g/mol. The van der Waals surface area contributed by atoms with Gasteiger partial charge in [-0.25, -0.2) is 9.38 Å². The van der Waals surface area contributed by atoms with Crippen LogP contribution in [0.3, 0.4) is 0 Å². The highest BCUT2D eigenvalue weighted by Gasteiger charge is 2.27. The van der Waals surface area contributed by atoms with Gasteiger partial charge < -0.3 is 15.1 Å². The van der Waals surface area contributed by atoms with Crippen molar-refractivity contribution in [3.05, 3.63) is 46.4 Å². The molecule has 1 fully saturated rings. The lowest BCUT2D eigenvalue weighted by Crippen LogP contribution is -2.55. The molecule has 0 radical (unpaired) electrons. The summed E-state index contributed by atoms with van der Waals surface area (Å²) >= 11 is 3.35. The van der Waals surface area contributed by atoms with Gasteiger partial charge in [0.25, 0.3) is 0 Å². The maximum atomic E-state index is 14.0. The Hall–Kier alpha value is -2.42. The lowest BCUT2D eigenvalue weighted by molar-refractivity contribution is -0.120. The zero-order chi connectivity index (χ0) is 19.4. The van der Waals surface area contributed by atoms with Gasteiger partial charge >= 0.3 is 0 Å². The van der Waals surface area contributed by atoms with Crippen LogP contribution in [0.5, 0.6) is 0 Å². The normalized spacial score (nSPS) is 15.4. The SMILES string of the molecule is CCNC(=NCc1cc(Br)ccc1F)N1CCN(c2cnn(C)c2)C(=O)C1. The number of nitrogens with one attached hydrogen (secondary N) is 1. The molecule has 1 aliphatic rings. The monoisotopic (exact) mass is 436 g/mol. The van der Waals surface area contributed by atoms with E-state index in [2.05, 4.69) is 31.3 Å². The topological polar surface area (TPSA) is 65.8 Å². The van der Waals surface area contributed by atoms with E-state index < -0.39 is 0 Å². The number of aromatic nitrogens is 2. The summed E-state index contributed by atoms with van der Waals surface area (Å²) in [6.07, 6.45) is 3.51. The second kappa shape index (κ2) is 8.51. The number of anilines is 1. The number of benzene rings is 1. The minimum Gasteiger partial charge on any atom is -0.356 e. The molecule has 1 aromatic heterocycles. The molecule has 9 heteroatoms. The van der Waals surface area contributed by atoms with Gasteiger partial charge in [0.15, 0.2) is 5.96 Å². The summed E-state index contributed by atoms with van der Waals surface area (Å²) in [6.45, 7) is 4.21. The van der Waals surface area contributed by atoms with Crippen LogP contribution in [0.15, 0.2) is 40.1 Å². The van der Waals surface area contributed by atoms with Crippen LogP contribution >= 0.6 is 15.9 Å². The van der Waals surface area contributed by atoms with Crippen molar-refractivity contribution in [2.24, 2.45) is 12.0 Å². The number of nitrogens with zero attached hydrogens (tertiary/aromatic N) is 5. The molecule has 144 valence electrons. The fourth-order valence-electron chi connectivity index (χ4n) is 2.93. The maximum Gasteiger partial charge on any atom is 0.246 e. The highest BCUT2D eigenvalue weighted by atomic mass is 79.9. The number of amides is 1. The second-order valence-corrected chi connectivity index (χ2v) is 7.16.